The maximum Gasteiger partial charge on any atom is 0.416 e. The number of nitrogens with zero attached hydrogens (tertiary/aromatic N) is 6. The number of anilines is 2. The summed E-state index contributed by atoms with van der Waals surface area (Å²) in [6.45, 7) is 1.07. The third-order valence-electron chi connectivity index (χ3n) is 5.71. The second kappa shape index (κ2) is 7.50. The zero-order valence-electron chi connectivity index (χ0n) is 17.2. The van der Waals surface area contributed by atoms with Crippen LogP contribution in [0.1, 0.15) is 30.1 Å². The molecule has 1 fully saturated rings. The van der Waals surface area contributed by atoms with Gasteiger partial charge in [-0.05, 0) is 37.1 Å². The molecule has 4 aromatic rings. The summed E-state index contributed by atoms with van der Waals surface area (Å²) < 4.78 is 46.2. The fraction of sp³-hybridized carbons (Fsp3) is 0.333. The summed E-state index contributed by atoms with van der Waals surface area (Å²) in [5.41, 5.74) is 6.58. The number of nitrogen functional groups attached to an aromatic ring is 1. The van der Waals surface area contributed by atoms with Crippen molar-refractivity contribution in [3.63, 3.8) is 0 Å². The Balaban J connectivity index is 1.50. The maximum absolute atomic E-state index is 13.1. The van der Waals surface area contributed by atoms with Crippen LogP contribution < -0.4 is 15.4 Å². The van der Waals surface area contributed by atoms with E-state index in [0.29, 0.717) is 41.6 Å². The van der Waals surface area contributed by atoms with Gasteiger partial charge in [0.05, 0.1) is 12.7 Å². The van der Waals surface area contributed by atoms with Crippen molar-refractivity contribution < 1.29 is 17.9 Å². The first-order valence-electron chi connectivity index (χ1n) is 10.1. The highest BCUT2D eigenvalue weighted by molar-refractivity contribution is 5.95. The van der Waals surface area contributed by atoms with Gasteiger partial charge in [-0.2, -0.15) is 17.7 Å². The zero-order valence-corrected chi connectivity index (χ0v) is 17.2. The van der Waals surface area contributed by atoms with Crippen molar-refractivity contribution >= 4 is 28.3 Å². The van der Waals surface area contributed by atoms with Crippen molar-refractivity contribution in [2.75, 3.05) is 30.8 Å². The van der Waals surface area contributed by atoms with Crippen molar-refractivity contribution in [2.24, 2.45) is 0 Å². The monoisotopic (exact) mass is 443 g/mol. The Morgan fingerprint density at radius 2 is 2.03 bits per heavy atom. The Kier molecular flexibility index (Phi) is 4.75. The summed E-state index contributed by atoms with van der Waals surface area (Å²) in [5.74, 6) is 1.55. The van der Waals surface area contributed by atoms with E-state index in [1.54, 1.807) is 13.2 Å². The Labute approximate surface area is 180 Å². The van der Waals surface area contributed by atoms with Crippen LogP contribution in [-0.4, -0.2) is 44.8 Å². The number of hydrogen-bond donors (Lipinski definition) is 1. The highest BCUT2D eigenvalue weighted by Gasteiger charge is 2.32. The Hall–Kier alpha value is -3.63. The van der Waals surface area contributed by atoms with Crippen molar-refractivity contribution in [3.8, 4) is 5.75 Å². The number of para-hydroxylation sites is 1. The van der Waals surface area contributed by atoms with Crippen LogP contribution in [0.15, 0.2) is 36.5 Å². The van der Waals surface area contributed by atoms with Crippen LogP contribution in [0.4, 0.5) is 24.9 Å². The van der Waals surface area contributed by atoms with Crippen LogP contribution in [-0.2, 0) is 6.18 Å². The van der Waals surface area contributed by atoms with Crippen LogP contribution in [0.3, 0.4) is 0 Å². The number of alkyl halides is 3. The van der Waals surface area contributed by atoms with Gasteiger partial charge in [-0.25, -0.2) is 15.0 Å². The van der Waals surface area contributed by atoms with E-state index in [1.165, 1.54) is 10.7 Å². The van der Waals surface area contributed by atoms with E-state index >= 15 is 0 Å². The molecule has 3 aromatic heterocycles. The molecular formula is C21H20F3N7O. The molecule has 11 heteroatoms. The topological polar surface area (TPSA) is 94.5 Å². The summed E-state index contributed by atoms with van der Waals surface area (Å²) in [6, 6.07) is 7.57. The molecule has 1 aliphatic rings. The molecule has 0 spiro atoms. The van der Waals surface area contributed by atoms with Gasteiger partial charge in [0.25, 0.3) is 0 Å². The standard InChI is InChI=1S/C21H20F3N7O/c1-32-15-6-2-5-14-17(15)27-20(25)31-19(14)28-18(29-31)12-4-3-9-30(11-12)16-10-13(7-8-26-16)21(22,23)24/h2,5-8,10,12H,3-4,9,11H2,1H3,(H2,25,27)/t12-/m1/s1. The molecule has 0 radical (unpaired) electrons. The van der Waals surface area contributed by atoms with Gasteiger partial charge in [0.2, 0.25) is 5.95 Å². The quantitative estimate of drug-likeness (QED) is 0.516. The lowest BCUT2D eigenvalue weighted by Crippen LogP contribution is -2.35. The molecule has 1 aromatic carbocycles. The number of halogens is 3. The van der Waals surface area contributed by atoms with E-state index in [0.717, 1.165) is 30.4 Å². The minimum atomic E-state index is -4.41. The van der Waals surface area contributed by atoms with Gasteiger partial charge < -0.3 is 15.4 Å². The SMILES string of the molecule is COc1cccc2c1nc(N)n1nc([C@@H]3CCCN(c4cc(C(F)(F)F)ccn4)C3)nc21. The lowest BCUT2D eigenvalue weighted by atomic mass is 9.97. The van der Waals surface area contributed by atoms with E-state index < -0.39 is 11.7 Å². The first-order chi connectivity index (χ1) is 15.3. The minimum Gasteiger partial charge on any atom is -0.494 e. The van der Waals surface area contributed by atoms with Gasteiger partial charge in [-0.15, -0.1) is 5.10 Å². The lowest BCUT2D eigenvalue weighted by molar-refractivity contribution is -0.137. The largest absolute Gasteiger partial charge is 0.494 e. The minimum absolute atomic E-state index is 0.0833. The summed E-state index contributed by atoms with van der Waals surface area (Å²) in [6.07, 6.45) is -1.64. The Morgan fingerprint density at radius 3 is 2.81 bits per heavy atom. The molecule has 32 heavy (non-hydrogen) atoms. The number of pyridine rings is 1. The molecule has 8 nitrogen and oxygen atoms in total. The average Bonchev–Trinajstić information content (AvgIpc) is 3.25. The molecular weight excluding hydrogens is 423 g/mol. The number of piperidine rings is 1. The Bertz CT molecular complexity index is 1300. The van der Waals surface area contributed by atoms with Crippen LogP contribution in [0, 0.1) is 0 Å². The second-order valence-electron chi connectivity index (χ2n) is 7.72. The van der Waals surface area contributed by atoms with E-state index in [-0.39, 0.29) is 11.9 Å². The number of hydrogen-bond acceptors (Lipinski definition) is 7. The van der Waals surface area contributed by atoms with Gasteiger partial charge in [0.15, 0.2) is 11.5 Å². The van der Waals surface area contributed by atoms with Crippen molar-refractivity contribution in [2.45, 2.75) is 24.9 Å². The summed E-state index contributed by atoms with van der Waals surface area (Å²) in [5, 5.41) is 5.33. The zero-order chi connectivity index (χ0) is 22.5. The number of benzene rings is 1. The van der Waals surface area contributed by atoms with Gasteiger partial charge in [-0.3, -0.25) is 0 Å². The number of rotatable bonds is 3. The first kappa shape index (κ1) is 20.3. The maximum atomic E-state index is 13.1. The molecule has 0 aliphatic carbocycles. The summed E-state index contributed by atoms with van der Waals surface area (Å²) >= 11 is 0. The molecule has 1 aliphatic heterocycles. The molecule has 1 saturated heterocycles. The molecule has 0 amide bonds. The van der Waals surface area contributed by atoms with Gasteiger partial charge >= 0.3 is 6.18 Å². The van der Waals surface area contributed by atoms with E-state index in [4.69, 9.17) is 15.5 Å². The third kappa shape index (κ3) is 3.43. The van der Waals surface area contributed by atoms with E-state index in [1.807, 2.05) is 17.0 Å². The number of aromatic nitrogens is 5. The smallest absolute Gasteiger partial charge is 0.416 e. The van der Waals surface area contributed by atoms with Crippen LogP contribution in [0.25, 0.3) is 16.6 Å². The highest BCUT2D eigenvalue weighted by atomic mass is 19.4. The van der Waals surface area contributed by atoms with Crippen molar-refractivity contribution in [1.82, 2.24) is 24.6 Å². The van der Waals surface area contributed by atoms with Crippen molar-refractivity contribution in [3.05, 3.63) is 47.9 Å². The van der Waals surface area contributed by atoms with Gasteiger partial charge in [-0.1, -0.05) is 6.07 Å². The summed E-state index contributed by atoms with van der Waals surface area (Å²) in [4.78, 5) is 15.2. The molecule has 1 atom stereocenters. The van der Waals surface area contributed by atoms with Crippen molar-refractivity contribution in [1.29, 1.82) is 0 Å². The number of nitrogens with two attached hydrogens (primary N) is 1. The number of ether oxygens (including phenoxy) is 1. The second-order valence-corrected chi connectivity index (χ2v) is 7.72. The van der Waals surface area contributed by atoms with Crippen LogP contribution in [0.5, 0.6) is 5.75 Å². The number of methoxy groups -OCH3 is 1. The predicted molar refractivity (Wildman–Crippen MR) is 113 cm³/mol. The van der Waals surface area contributed by atoms with Gasteiger partial charge in [0, 0.05) is 30.6 Å². The lowest BCUT2D eigenvalue weighted by Gasteiger charge is -2.32. The molecule has 0 bridgehead atoms. The molecule has 166 valence electrons. The fourth-order valence-corrected chi connectivity index (χ4v) is 4.14. The normalized spacial score (nSPS) is 17.2. The van der Waals surface area contributed by atoms with Crippen LogP contribution in [0.2, 0.25) is 0 Å². The predicted octanol–water partition coefficient (Wildman–Crippen LogP) is 3.67. The van der Waals surface area contributed by atoms with Crippen LogP contribution >= 0.6 is 0 Å². The fourth-order valence-electron chi connectivity index (χ4n) is 4.14. The first-order valence-corrected chi connectivity index (χ1v) is 10.1. The Morgan fingerprint density at radius 1 is 1.19 bits per heavy atom. The molecule has 4 heterocycles. The molecule has 0 unspecified atom stereocenters. The summed E-state index contributed by atoms with van der Waals surface area (Å²) in [7, 11) is 1.56. The van der Waals surface area contributed by atoms with E-state index in [9.17, 15) is 13.2 Å². The van der Waals surface area contributed by atoms with Gasteiger partial charge in [0.1, 0.15) is 17.1 Å². The van der Waals surface area contributed by atoms with E-state index in [2.05, 4.69) is 15.1 Å². The molecule has 2 N–H and O–H groups in total. The highest BCUT2D eigenvalue weighted by Crippen LogP contribution is 2.34. The molecule has 5 rings (SSSR count). The average molecular weight is 443 g/mol. The molecule has 0 saturated carbocycles. The number of fused-ring (bicyclic) bond motifs is 3. The third-order valence-corrected chi connectivity index (χ3v) is 5.71.